The third-order valence-electron chi connectivity index (χ3n) is 3.78. The lowest BCUT2D eigenvalue weighted by Crippen LogP contribution is -2.43. The Morgan fingerprint density at radius 2 is 2.13 bits per heavy atom. The Labute approximate surface area is 87.9 Å². The molecule has 5 heteroatoms. The second kappa shape index (κ2) is 2.93. The van der Waals surface area contributed by atoms with E-state index in [1.807, 2.05) is 0 Å². The van der Waals surface area contributed by atoms with Crippen molar-refractivity contribution in [2.75, 3.05) is 26.4 Å². The highest BCUT2D eigenvalue weighted by Gasteiger charge is 2.60. The van der Waals surface area contributed by atoms with Gasteiger partial charge in [0.05, 0.1) is 31.9 Å². The van der Waals surface area contributed by atoms with Crippen LogP contribution in [0.25, 0.3) is 0 Å². The summed E-state index contributed by atoms with van der Waals surface area (Å²) in [6.45, 7) is 1.66. The highest BCUT2D eigenvalue weighted by molar-refractivity contribution is 5.80. The Balaban J connectivity index is 1.90. The van der Waals surface area contributed by atoms with E-state index in [2.05, 4.69) is 0 Å². The Hall–Kier alpha value is -0.650. The van der Waals surface area contributed by atoms with Gasteiger partial charge in [0.2, 0.25) is 5.91 Å². The third kappa shape index (κ3) is 1.17. The van der Waals surface area contributed by atoms with Crippen LogP contribution in [0.3, 0.4) is 0 Å². The van der Waals surface area contributed by atoms with Crippen molar-refractivity contribution in [2.24, 2.45) is 0 Å². The lowest BCUT2D eigenvalue weighted by molar-refractivity contribution is -0.153. The van der Waals surface area contributed by atoms with Crippen LogP contribution in [-0.4, -0.2) is 53.6 Å². The molecule has 0 radical (unpaired) electrons. The van der Waals surface area contributed by atoms with Gasteiger partial charge in [0.1, 0.15) is 0 Å². The summed E-state index contributed by atoms with van der Waals surface area (Å²) in [5, 5.41) is 9.48. The molecule has 1 amide bonds. The number of amides is 1. The summed E-state index contributed by atoms with van der Waals surface area (Å²) in [5.74, 6) is -0.515. The third-order valence-corrected chi connectivity index (χ3v) is 3.78. The Morgan fingerprint density at radius 1 is 1.40 bits per heavy atom. The molecule has 0 aliphatic carbocycles. The molecule has 0 aromatic carbocycles. The van der Waals surface area contributed by atoms with Gasteiger partial charge in [-0.3, -0.25) is 4.79 Å². The molecule has 1 unspecified atom stereocenters. The largest absolute Gasteiger partial charge is 0.394 e. The molecule has 3 heterocycles. The van der Waals surface area contributed by atoms with Gasteiger partial charge in [0.15, 0.2) is 5.79 Å². The summed E-state index contributed by atoms with van der Waals surface area (Å²) in [7, 11) is 0. The zero-order chi connectivity index (χ0) is 10.5. The normalized spacial score (nSPS) is 37.9. The zero-order valence-corrected chi connectivity index (χ0v) is 8.57. The molecule has 3 rings (SSSR count). The van der Waals surface area contributed by atoms with E-state index >= 15 is 0 Å². The first-order valence-electron chi connectivity index (χ1n) is 5.39. The van der Waals surface area contributed by atoms with Crippen molar-refractivity contribution in [3.63, 3.8) is 0 Å². The molecule has 3 fully saturated rings. The minimum atomic E-state index is -0.626. The standard InChI is InChI=1S/C10H15NO4/c12-7-9-2-1-8(13)11(9)6-10(5-9)14-3-4-15-10/h12H,1-7H2. The number of ether oxygens (including phenoxy) is 2. The maximum atomic E-state index is 11.7. The lowest BCUT2D eigenvalue weighted by Gasteiger charge is -2.28. The minimum Gasteiger partial charge on any atom is -0.394 e. The van der Waals surface area contributed by atoms with Crippen molar-refractivity contribution < 1.29 is 19.4 Å². The van der Waals surface area contributed by atoms with Gasteiger partial charge in [-0.2, -0.15) is 0 Å². The number of rotatable bonds is 1. The van der Waals surface area contributed by atoms with Gasteiger partial charge >= 0.3 is 0 Å². The molecule has 1 N–H and O–H groups in total. The number of fused-ring (bicyclic) bond motifs is 1. The maximum absolute atomic E-state index is 11.7. The van der Waals surface area contributed by atoms with Crippen molar-refractivity contribution in [3.05, 3.63) is 0 Å². The first-order valence-corrected chi connectivity index (χ1v) is 5.39. The van der Waals surface area contributed by atoms with Crippen LogP contribution < -0.4 is 0 Å². The van der Waals surface area contributed by atoms with Gasteiger partial charge in [-0.05, 0) is 6.42 Å². The van der Waals surface area contributed by atoms with Gasteiger partial charge in [-0.1, -0.05) is 0 Å². The molecule has 3 aliphatic rings. The van der Waals surface area contributed by atoms with Crippen molar-refractivity contribution >= 4 is 5.91 Å². The maximum Gasteiger partial charge on any atom is 0.223 e. The second-order valence-corrected chi connectivity index (χ2v) is 4.65. The molecule has 1 spiro atoms. The van der Waals surface area contributed by atoms with Crippen LogP contribution in [0.5, 0.6) is 0 Å². The highest BCUT2D eigenvalue weighted by Crippen LogP contribution is 2.46. The van der Waals surface area contributed by atoms with E-state index in [0.29, 0.717) is 32.6 Å². The molecule has 15 heavy (non-hydrogen) atoms. The van der Waals surface area contributed by atoms with Gasteiger partial charge in [-0.15, -0.1) is 0 Å². The SMILES string of the molecule is O=C1CCC2(CO)CC3(CN12)OCCO3. The van der Waals surface area contributed by atoms with E-state index in [1.54, 1.807) is 4.90 Å². The Bertz CT molecular complexity index is 300. The number of hydrogen-bond acceptors (Lipinski definition) is 4. The molecular weight excluding hydrogens is 198 g/mol. The van der Waals surface area contributed by atoms with Crippen LogP contribution in [0.15, 0.2) is 0 Å². The quantitative estimate of drug-likeness (QED) is 0.637. The van der Waals surface area contributed by atoms with Crippen LogP contribution in [-0.2, 0) is 14.3 Å². The number of aliphatic hydroxyl groups is 1. The second-order valence-electron chi connectivity index (χ2n) is 4.65. The number of carbonyl (C=O) groups excluding carboxylic acids is 1. The van der Waals surface area contributed by atoms with E-state index in [9.17, 15) is 9.90 Å². The zero-order valence-electron chi connectivity index (χ0n) is 8.57. The van der Waals surface area contributed by atoms with Crippen LogP contribution >= 0.6 is 0 Å². The average Bonchev–Trinajstić information content (AvgIpc) is 2.88. The smallest absolute Gasteiger partial charge is 0.223 e. The monoisotopic (exact) mass is 213 g/mol. The summed E-state index contributed by atoms with van der Waals surface area (Å²) >= 11 is 0. The van der Waals surface area contributed by atoms with Gasteiger partial charge < -0.3 is 19.5 Å². The van der Waals surface area contributed by atoms with Crippen LogP contribution in [0.2, 0.25) is 0 Å². The number of carbonyl (C=O) groups is 1. The van der Waals surface area contributed by atoms with Crippen molar-refractivity contribution in [3.8, 4) is 0 Å². The molecule has 0 saturated carbocycles. The van der Waals surface area contributed by atoms with E-state index in [1.165, 1.54) is 0 Å². The molecule has 3 aliphatic heterocycles. The fraction of sp³-hybridized carbons (Fsp3) is 0.900. The summed E-state index contributed by atoms with van der Waals surface area (Å²) in [6, 6.07) is 0. The molecule has 3 saturated heterocycles. The Morgan fingerprint density at radius 3 is 2.73 bits per heavy atom. The number of nitrogens with zero attached hydrogens (tertiary/aromatic N) is 1. The van der Waals surface area contributed by atoms with E-state index in [-0.39, 0.29) is 12.5 Å². The van der Waals surface area contributed by atoms with Crippen molar-refractivity contribution in [1.82, 2.24) is 4.90 Å². The predicted molar refractivity (Wildman–Crippen MR) is 50.0 cm³/mol. The van der Waals surface area contributed by atoms with Crippen LogP contribution in [0.1, 0.15) is 19.3 Å². The number of aliphatic hydroxyl groups excluding tert-OH is 1. The molecule has 1 atom stereocenters. The molecule has 0 aromatic heterocycles. The van der Waals surface area contributed by atoms with Crippen LogP contribution in [0, 0.1) is 0 Å². The van der Waals surface area contributed by atoms with Crippen LogP contribution in [0.4, 0.5) is 0 Å². The first-order chi connectivity index (χ1) is 7.20. The molecule has 0 aromatic rings. The first kappa shape index (κ1) is 9.57. The number of hydrogen-bond donors (Lipinski definition) is 1. The summed E-state index contributed by atoms with van der Waals surface area (Å²) in [4.78, 5) is 13.4. The fourth-order valence-electron chi connectivity index (χ4n) is 3.02. The molecule has 0 bridgehead atoms. The summed E-state index contributed by atoms with van der Waals surface area (Å²) in [6.07, 6.45) is 1.87. The van der Waals surface area contributed by atoms with E-state index in [4.69, 9.17) is 9.47 Å². The Kier molecular flexibility index (Phi) is 1.87. The fourth-order valence-corrected chi connectivity index (χ4v) is 3.02. The summed E-state index contributed by atoms with van der Waals surface area (Å²) in [5.41, 5.74) is -0.415. The molecular formula is C10H15NO4. The van der Waals surface area contributed by atoms with E-state index in [0.717, 1.165) is 6.42 Å². The summed E-state index contributed by atoms with van der Waals surface area (Å²) < 4.78 is 11.2. The lowest BCUT2D eigenvalue weighted by atomic mass is 9.93. The van der Waals surface area contributed by atoms with Crippen molar-refractivity contribution in [1.29, 1.82) is 0 Å². The predicted octanol–water partition coefficient (Wildman–Crippen LogP) is -0.513. The van der Waals surface area contributed by atoms with Gasteiger partial charge in [0, 0.05) is 12.8 Å². The molecule has 84 valence electrons. The van der Waals surface area contributed by atoms with Crippen molar-refractivity contribution in [2.45, 2.75) is 30.6 Å². The topological polar surface area (TPSA) is 59.0 Å². The molecule has 5 nitrogen and oxygen atoms in total. The highest BCUT2D eigenvalue weighted by atomic mass is 16.7. The van der Waals surface area contributed by atoms with Gasteiger partial charge in [0.25, 0.3) is 0 Å². The van der Waals surface area contributed by atoms with E-state index < -0.39 is 11.3 Å². The van der Waals surface area contributed by atoms with Gasteiger partial charge in [-0.25, -0.2) is 0 Å². The average molecular weight is 213 g/mol. The minimum absolute atomic E-state index is 0.00715.